The van der Waals surface area contributed by atoms with E-state index in [9.17, 15) is 4.79 Å². The van der Waals surface area contributed by atoms with Crippen molar-refractivity contribution in [3.05, 3.63) is 49.1 Å². The fourth-order valence-corrected chi connectivity index (χ4v) is 1.82. The third-order valence-electron chi connectivity index (χ3n) is 3.10. The van der Waals surface area contributed by atoms with Gasteiger partial charge in [0.05, 0.1) is 0 Å². The molecule has 0 aliphatic rings. The highest BCUT2D eigenvalue weighted by atomic mass is 16.2. The Morgan fingerprint density at radius 3 is 1.30 bits per heavy atom. The smallest absolute Gasteiger partial charge is 0.377 e. The van der Waals surface area contributed by atoms with Crippen LogP contribution in [0, 0.1) is 0 Å². The summed E-state index contributed by atoms with van der Waals surface area (Å²) in [4.78, 5) is 16.3. The highest BCUT2D eigenvalue weighted by Gasteiger charge is 2.26. The summed E-state index contributed by atoms with van der Waals surface area (Å²) in [5.41, 5.74) is 2.11. The van der Waals surface area contributed by atoms with E-state index in [2.05, 4.69) is 0 Å². The Labute approximate surface area is 119 Å². The van der Waals surface area contributed by atoms with Crippen LogP contribution in [0.5, 0.6) is 0 Å². The number of rotatable bonds is 2. The maximum Gasteiger partial charge on any atom is 0.682 e. The molecule has 0 aromatic carbocycles. The molecule has 0 saturated heterocycles. The van der Waals surface area contributed by atoms with E-state index in [0.29, 0.717) is 0 Å². The molecule has 2 rings (SSSR count). The quantitative estimate of drug-likeness (QED) is 0.762. The van der Waals surface area contributed by atoms with Crippen molar-refractivity contribution >= 4 is 17.4 Å². The van der Waals surface area contributed by atoms with Crippen LogP contribution in [-0.4, -0.2) is 34.2 Å². The second kappa shape index (κ2) is 5.69. The van der Waals surface area contributed by atoms with Crippen molar-refractivity contribution < 1.29 is 13.9 Å². The van der Waals surface area contributed by atoms with Gasteiger partial charge in [0.1, 0.15) is 0 Å². The van der Waals surface area contributed by atoms with Crippen molar-refractivity contribution in [1.29, 1.82) is 0 Å². The third-order valence-corrected chi connectivity index (χ3v) is 3.10. The lowest BCUT2D eigenvalue weighted by molar-refractivity contribution is -0.720. The van der Waals surface area contributed by atoms with Crippen LogP contribution in [0.2, 0.25) is 0 Å². The Hall–Kier alpha value is -2.43. The number of carbonyl (C=O) groups excluding carboxylic acids is 1. The summed E-state index contributed by atoms with van der Waals surface area (Å²) < 4.78 is 3.12. The fraction of sp³-hybridized carbons (Fsp3) is 0.267. The predicted molar refractivity (Wildman–Crippen MR) is 78.1 cm³/mol. The second-order valence-corrected chi connectivity index (χ2v) is 5.00. The molecular weight excluding hydrogens is 252 g/mol. The Bertz CT molecular complexity index is 535. The maximum atomic E-state index is 12.3. The van der Waals surface area contributed by atoms with Crippen molar-refractivity contribution in [3.63, 3.8) is 0 Å². The standard InChI is InChI=1S/C15H20N4O/c1-16(2)13-5-9-18(10-6-13)15(20)19-11-7-14(8-12-19)17(3)4/h5-12H,1-4H3/q+2. The number of pyridine rings is 2. The van der Waals surface area contributed by atoms with Crippen molar-refractivity contribution in [1.82, 2.24) is 0 Å². The minimum absolute atomic E-state index is 0.111. The Morgan fingerprint density at radius 2 is 1.05 bits per heavy atom. The lowest BCUT2D eigenvalue weighted by Crippen LogP contribution is -2.59. The molecule has 2 heterocycles. The summed E-state index contributed by atoms with van der Waals surface area (Å²) in [5.74, 6) is 0. The average Bonchev–Trinajstić information content (AvgIpc) is 2.46. The third kappa shape index (κ3) is 2.93. The molecule has 104 valence electrons. The van der Waals surface area contributed by atoms with E-state index in [1.165, 1.54) is 0 Å². The zero-order valence-corrected chi connectivity index (χ0v) is 12.3. The van der Waals surface area contributed by atoms with Gasteiger partial charge in [-0.2, -0.15) is 4.79 Å². The molecule has 0 fully saturated rings. The molecule has 20 heavy (non-hydrogen) atoms. The van der Waals surface area contributed by atoms with Gasteiger partial charge in [-0.15, -0.1) is 0 Å². The first kappa shape index (κ1) is 14.0. The molecule has 0 N–H and O–H groups in total. The number of carbonyl (C=O) groups is 1. The number of anilines is 2. The van der Waals surface area contributed by atoms with Crippen LogP contribution in [0.3, 0.4) is 0 Å². The molecule has 5 nitrogen and oxygen atoms in total. The number of hydrogen-bond acceptors (Lipinski definition) is 3. The van der Waals surface area contributed by atoms with Crippen LogP contribution >= 0.6 is 0 Å². The van der Waals surface area contributed by atoms with Gasteiger partial charge in [0, 0.05) is 63.8 Å². The molecule has 2 aromatic heterocycles. The average molecular weight is 272 g/mol. The predicted octanol–water partition coefficient (Wildman–Crippen LogP) is 0.910. The zero-order valence-electron chi connectivity index (χ0n) is 12.3. The van der Waals surface area contributed by atoms with Crippen LogP contribution in [0.25, 0.3) is 0 Å². The summed E-state index contributed by atoms with van der Waals surface area (Å²) in [6.45, 7) is 0. The molecule has 0 saturated carbocycles. The van der Waals surface area contributed by atoms with Gasteiger partial charge in [-0.1, -0.05) is 9.13 Å². The van der Waals surface area contributed by atoms with Crippen LogP contribution < -0.4 is 18.9 Å². The van der Waals surface area contributed by atoms with Gasteiger partial charge in [-0.3, -0.25) is 0 Å². The van der Waals surface area contributed by atoms with Crippen LogP contribution in [-0.2, 0) is 0 Å². The van der Waals surface area contributed by atoms with Crippen molar-refractivity contribution in [2.75, 3.05) is 38.0 Å². The normalized spacial score (nSPS) is 10.2. The van der Waals surface area contributed by atoms with Crippen molar-refractivity contribution in [2.24, 2.45) is 0 Å². The molecule has 0 atom stereocenters. The van der Waals surface area contributed by atoms with E-state index in [1.807, 2.05) is 62.3 Å². The molecule has 0 aliphatic carbocycles. The first-order chi connectivity index (χ1) is 9.49. The summed E-state index contributed by atoms with van der Waals surface area (Å²) in [7, 11) is 7.87. The zero-order chi connectivity index (χ0) is 14.7. The van der Waals surface area contributed by atoms with E-state index < -0.39 is 0 Å². The van der Waals surface area contributed by atoms with E-state index >= 15 is 0 Å². The van der Waals surface area contributed by atoms with Crippen molar-refractivity contribution in [2.45, 2.75) is 0 Å². The van der Waals surface area contributed by atoms with Crippen LogP contribution in [0.1, 0.15) is 0 Å². The largest absolute Gasteiger partial charge is 0.682 e. The Morgan fingerprint density at radius 1 is 0.750 bits per heavy atom. The van der Waals surface area contributed by atoms with Crippen LogP contribution in [0.4, 0.5) is 16.2 Å². The monoisotopic (exact) mass is 272 g/mol. The van der Waals surface area contributed by atoms with E-state index in [0.717, 1.165) is 11.4 Å². The van der Waals surface area contributed by atoms with E-state index in [4.69, 9.17) is 0 Å². The van der Waals surface area contributed by atoms with Gasteiger partial charge in [0.25, 0.3) is 0 Å². The van der Waals surface area contributed by atoms with Crippen LogP contribution in [0.15, 0.2) is 49.1 Å². The minimum atomic E-state index is -0.111. The summed E-state index contributed by atoms with van der Waals surface area (Å²) >= 11 is 0. The molecule has 0 amide bonds. The van der Waals surface area contributed by atoms with Gasteiger partial charge < -0.3 is 9.80 Å². The summed E-state index contributed by atoms with van der Waals surface area (Å²) in [5, 5.41) is 0. The van der Waals surface area contributed by atoms with Gasteiger partial charge in [-0.05, 0) is 0 Å². The highest BCUT2D eigenvalue weighted by Crippen LogP contribution is 2.07. The molecule has 0 radical (unpaired) electrons. The van der Waals surface area contributed by atoms with Gasteiger partial charge in [0.2, 0.25) is 0 Å². The van der Waals surface area contributed by atoms with E-state index in [1.54, 1.807) is 33.9 Å². The lowest BCUT2D eigenvalue weighted by atomic mass is 10.3. The number of nitrogens with zero attached hydrogens (tertiary/aromatic N) is 4. The fourth-order valence-electron chi connectivity index (χ4n) is 1.82. The Balaban J connectivity index is 2.22. The number of hydrogen-bond donors (Lipinski definition) is 0. The second-order valence-electron chi connectivity index (χ2n) is 5.00. The first-order valence-corrected chi connectivity index (χ1v) is 6.41. The number of aromatic nitrogens is 2. The molecule has 0 unspecified atom stereocenters. The SMILES string of the molecule is CN(C)c1cc[n+](C(=O)[n+]2ccc(N(C)C)cc2)cc1. The van der Waals surface area contributed by atoms with Crippen molar-refractivity contribution in [3.8, 4) is 0 Å². The Kier molecular flexibility index (Phi) is 3.98. The minimum Gasteiger partial charge on any atom is -0.377 e. The van der Waals surface area contributed by atoms with Gasteiger partial charge >= 0.3 is 6.03 Å². The highest BCUT2D eigenvalue weighted by molar-refractivity contribution is 5.55. The summed E-state index contributed by atoms with van der Waals surface area (Å²) in [6, 6.07) is 7.53. The van der Waals surface area contributed by atoms with Gasteiger partial charge in [0.15, 0.2) is 24.8 Å². The molecule has 5 heteroatoms. The molecule has 0 aliphatic heterocycles. The van der Waals surface area contributed by atoms with E-state index in [-0.39, 0.29) is 6.03 Å². The molecule has 0 bridgehead atoms. The van der Waals surface area contributed by atoms with Gasteiger partial charge in [-0.25, -0.2) is 0 Å². The first-order valence-electron chi connectivity index (χ1n) is 6.41. The molecular formula is C15H20N4O+2. The summed E-state index contributed by atoms with van der Waals surface area (Å²) in [6.07, 6.45) is 7.07. The lowest BCUT2D eigenvalue weighted by Gasteiger charge is -2.10. The molecule has 2 aromatic rings. The molecule has 0 spiro atoms. The maximum absolute atomic E-state index is 12.3. The topological polar surface area (TPSA) is 31.3 Å².